The van der Waals surface area contributed by atoms with Crippen molar-refractivity contribution in [3.8, 4) is 0 Å². The monoisotopic (exact) mass is 360 g/mol. The number of H-pyrrole nitrogens is 1. The molecule has 2 aromatic rings. The Kier molecular flexibility index (Phi) is 4.65. The van der Waals surface area contributed by atoms with E-state index in [0.29, 0.717) is 6.54 Å². The van der Waals surface area contributed by atoms with Gasteiger partial charge in [0.05, 0.1) is 11.0 Å². The molecule has 1 aromatic heterocycles. The number of rotatable bonds is 4. The van der Waals surface area contributed by atoms with Crippen LogP contribution in [0.2, 0.25) is 0 Å². The Hall–Kier alpha value is -1.66. The van der Waals surface area contributed by atoms with Crippen molar-refractivity contribution >= 4 is 11.0 Å². The Labute approximate surface area is 153 Å². The van der Waals surface area contributed by atoms with Crippen LogP contribution in [0.15, 0.2) is 23.0 Å². The first-order chi connectivity index (χ1) is 12.5. The average molecular weight is 360 g/mol. The summed E-state index contributed by atoms with van der Waals surface area (Å²) >= 11 is 0. The number of likely N-dealkylation sites (tertiary alicyclic amines) is 2. The van der Waals surface area contributed by atoms with Crippen LogP contribution in [-0.2, 0) is 0 Å². The predicted octanol–water partition coefficient (Wildman–Crippen LogP) is 2.71. The van der Waals surface area contributed by atoms with E-state index >= 15 is 0 Å². The van der Waals surface area contributed by atoms with Crippen molar-refractivity contribution in [2.75, 3.05) is 39.4 Å². The topological polar surface area (TPSA) is 44.3 Å². The van der Waals surface area contributed by atoms with E-state index in [1.165, 1.54) is 0 Å². The number of alkyl halides is 1. The van der Waals surface area contributed by atoms with Gasteiger partial charge in [0.1, 0.15) is 6.67 Å². The van der Waals surface area contributed by atoms with Crippen LogP contribution >= 0.6 is 0 Å². The van der Waals surface area contributed by atoms with Gasteiger partial charge in [-0.05, 0) is 50.8 Å². The molecule has 1 unspecified atom stereocenters. The lowest BCUT2D eigenvalue weighted by Gasteiger charge is -2.43. The van der Waals surface area contributed by atoms with E-state index in [-0.39, 0.29) is 23.9 Å². The number of fused-ring (bicyclic) bond motifs is 1. The number of aryl methyl sites for hydroxylation is 1. The summed E-state index contributed by atoms with van der Waals surface area (Å²) in [6.07, 6.45) is 3.07. The second kappa shape index (κ2) is 6.82. The maximum absolute atomic E-state index is 12.6. The lowest BCUT2D eigenvalue weighted by molar-refractivity contribution is 0.0686. The maximum atomic E-state index is 12.6. The number of nitrogens with one attached hydrogen (secondary N) is 1. The third kappa shape index (κ3) is 3.09. The Bertz CT molecular complexity index is 836. The molecule has 1 aromatic carbocycles. The Morgan fingerprint density at radius 1 is 1.27 bits per heavy atom. The van der Waals surface area contributed by atoms with E-state index in [4.69, 9.17) is 0 Å². The fraction of sp³-hybridized carbons (Fsp3) is 0.650. The van der Waals surface area contributed by atoms with Crippen LogP contribution in [-0.4, -0.2) is 64.3 Å². The molecule has 0 spiro atoms. The summed E-state index contributed by atoms with van der Waals surface area (Å²) in [7, 11) is 0. The molecule has 142 valence electrons. The second-order valence-corrected chi connectivity index (χ2v) is 8.25. The number of imidazole rings is 1. The molecule has 4 rings (SSSR count). The zero-order valence-electron chi connectivity index (χ0n) is 15.8. The minimum Gasteiger partial charge on any atom is -0.306 e. The highest BCUT2D eigenvalue weighted by atomic mass is 19.1. The number of aromatic amines is 1. The van der Waals surface area contributed by atoms with Crippen molar-refractivity contribution < 1.29 is 4.39 Å². The Balaban J connectivity index is 1.48. The van der Waals surface area contributed by atoms with Crippen LogP contribution in [0.1, 0.15) is 37.8 Å². The van der Waals surface area contributed by atoms with Crippen molar-refractivity contribution in [1.29, 1.82) is 0 Å². The summed E-state index contributed by atoms with van der Waals surface area (Å²) in [6.45, 7) is 8.58. The van der Waals surface area contributed by atoms with Gasteiger partial charge in [-0.15, -0.1) is 0 Å². The molecule has 0 bridgehead atoms. The first-order valence-electron chi connectivity index (χ1n) is 9.74. The molecule has 26 heavy (non-hydrogen) atoms. The molecule has 3 heterocycles. The minimum atomic E-state index is -0.263. The summed E-state index contributed by atoms with van der Waals surface area (Å²) in [5.74, 6) is 0. The molecule has 2 aliphatic heterocycles. The van der Waals surface area contributed by atoms with Crippen molar-refractivity contribution in [1.82, 2.24) is 19.4 Å². The highest BCUT2D eigenvalue weighted by Crippen LogP contribution is 2.33. The Morgan fingerprint density at radius 2 is 2.04 bits per heavy atom. The summed E-state index contributed by atoms with van der Waals surface area (Å²) in [4.78, 5) is 20.3. The van der Waals surface area contributed by atoms with E-state index in [2.05, 4.69) is 33.8 Å². The van der Waals surface area contributed by atoms with Gasteiger partial charge in [0.2, 0.25) is 0 Å². The lowest BCUT2D eigenvalue weighted by Crippen LogP contribution is -2.52. The summed E-state index contributed by atoms with van der Waals surface area (Å²) in [6, 6.07) is 6.42. The van der Waals surface area contributed by atoms with Crippen LogP contribution in [0.4, 0.5) is 4.39 Å². The molecule has 0 saturated carbocycles. The van der Waals surface area contributed by atoms with Crippen LogP contribution < -0.4 is 5.69 Å². The zero-order valence-corrected chi connectivity index (χ0v) is 15.8. The average Bonchev–Trinajstić information content (AvgIpc) is 3.15. The van der Waals surface area contributed by atoms with Crippen molar-refractivity contribution in [3.63, 3.8) is 0 Å². The normalized spacial score (nSPS) is 26.1. The number of nitrogens with zero attached hydrogens (tertiary/aromatic N) is 3. The van der Waals surface area contributed by atoms with Crippen LogP contribution in [0.5, 0.6) is 0 Å². The van der Waals surface area contributed by atoms with Crippen LogP contribution in [0.25, 0.3) is 11.0 Å². The molecule has 0 radical (unpaired) electrons. The third-order valence-electron chi connectivity index (χ3n) is 6.40. The smallest absolute Gasteiger partial charge is 0.306 e. The summed E-state index contributed by atoms with van der Waals surface area (Å²) in [5, 5.41) is 0. The highest BCUT2D eigenvalue weighted by Gasteiger charge is 2.40. The van der Waals surface area contributed by atoms with Crippen molar-refractivity contribution in [2.45, 2.75) is 44.7 Å². The van der Waals surface area contributed by atoms with Gasteiger partial charge < -0.3 is 4.98 Å². The number of hydrogen-bond donors (Lipinski definition) is 1. The number of piperidine rings is 1. The number of aromatic nitrogens is 2. The molecular weight excluding hydrogens is 331 g/mol. The van der Waals surface area contributed by atoms with E-state index in [1.807, 2.05) is 17.6 Å². The Morgan fingerprint density at radius 3 is 2.77 bits per heavy atom. The minimum absolute atomic E-state index is 0.00486. The molecule has 0 amide bonds. The molecular formula is C20H29FN4O. The number of halogens is 1. The van der Waals surface area contributed by atoms with E-state index in [1.54, 1.807) is 0 Å². The van der Waals surface area contributed by atoms with Gasteiger partial charge in [-0.25, -0.2) is 9.18 Å². The van der Waals surface area contributed by atoms with Crippen molar-refractivity contribution in [3.05, 3.63) is 34.2 Å². The molecule has 2 aliphatic rings. The van der Waals surface area contributed by atoms with Gasteiger partial charge in [0.25, 0.3) is 0 Å². The summed E-state index contributed by atoms with van der Waals surface area (Å²) < 4.78 is 14.6. The van der Waals surface area contributed by atoms with Gasteiger partial charge in [-0.3, -0.25) is 14.4 Å². The van der Waals surface area contributed by atoms with E-state index in [0.717, 1.165) is 62.0 Å². The van der Waals surface area contributed by atoms with Crippen LogP contribution in [0, 0.1) is 6.92 Å². The fourth-order valence-electron chi connectivity index (χ4n) is 4.88. The van der Waals surface area contributed by atoms with Crippen LogP contribution in [0.3, 0.4) is 0 Å². The summed E-state index contributed by atoms with van der Waals surface area (Å²) in [5.41, 5.74) is 3.25. The van der Waals surface area contributed by atoms with Gasteiger partial charge in [-0.1, -0.05) is 6.07 Å². The molecule has 2 saturated heterocycles. The van der Waals surface area contributed by atoms with Gasteiger partial charge in [0.15, 0.2) is 0 Å². The first-order valence-corrected chi connectivity index (χ1v) is 9.74. The van der Waals surface area contributed by atoms with Gasteiger partial charge in [-0.2, -0.15) is 0 Å². The van der Waals surface area contributed by atoms with Gasteiger partial charge in [0, 0.05) is 44.3 Å². The predicted molar refractivity (Wildman–Crippen MR) is 103 cm³/mol. The lowest BCUT2D eigenvalue weighted by atomic mass is 9.93. The highest BCUT2D eigenvalue weighted by molar-refractivity contribution is 5.76. The SMILES string of the molecule is Cc1ccc2c(c1)[nH]c(=O)n2C1CCN(C2(C)CCN(CCF)C2)CC1. The first kappa shape index (κ1) is 17.7. The number of benzene rings is 1. The van der Waals surface area contributed by atoms with Gasteiger partial charge >= 0.3 is 5.69 Å². The third-order valence-corrected chi connectivity index (χ3v) is 6.40. The second-order valence-electron chi connectivity index (χ2n) is 8.25. The molecule has 5 nitrogen and oxygen atoms in total. The standard InChI is InChI=1S/C20H29FN4O/c1-15-3-4-18-17(13-15)22-19(26)25(18)16-5-9-24(10-6-16)20(2)7-11-23(14-20)12-8-21/h3-4,13,16H,5-12,14H2,1-2H3,(H,22,26). The quantitative estimate of drug-likeness (QED) is 0.912. The number of hydrogen-bond acceptors (Lipinski definition) is 3. The van der Waals surface area contributed by atoms with E-state index in [9.17, 15) is 9.18 Å². The molecule has 2 fully saturated rings. The molecule has 0 aliphatic carbocycles. The molecule has 6 heteroatoms. The molecule has 1 N–H and O–H groups in total. The maximum Gasteiger partial charge on any atom is 0.326 e. The van der Waals surface area contributed by atoms with E-state index < -0.39 is 0 Å². The van der Waals surface area contributed by atoms with Crippen molar-refractivity contribution in [2.24, 2.45) is 0 Å². The largest absolute Gasteiger partial charge is 0.326 e. The zero-order chi connectivity index (χ0) is 18.3. The fourth-order valence-corrected chi connectivity index (χ4v) is 4.88. The molecule has 1 atom stereocenters.